The maximum absolute atomic E-state index is 12.5. The zero-order valence-corrected chi connectivity index (χ0v) is 16.0. The fraction of sp³-hybridized carbons (Fsp3) is 0.176. The number of rotatable bonds is 5. The van der Waals surface area contributed by atoms with Crippen LogP contribution in [0.1, 0.15) is 16.8 Å². The van der Waals surface area contributed by atoms with Gasteiger partial charge in [-0.2, -0.15) is 0 Å². The smallest absolute Gasteiger partial charge is 0.305 e. The summed E-state index contributed by atoms with van der Waals surface area (Å²) in [5.41, 5.74) is 1.82. The summed E-state index contributed by atoms with van der Waals surface area (Å²) in [6, 6.07) is 6.38. The molecule has 10 heteroatoms. The molecule has 0 atom stereocenters. The molecule has 4 N–H and O–H groups in total. The molecule has 142 valence electrons. The van der Waals surface area contributed by atoms with E-state index in [1.54, 1.807) is 18.2 Å². The summed E-state index contributed by atoms with van der Waals surface area (Å²) in [5.74, 6) is -1.99. The number of hydrogen-bond acceptors (Lipinski definition) is 5. The van der Waals surface area contributed by atoms with Gasteiger partial charge in [-0.15, -0.1) is 0 Å². The van der Waals surface area contributed by atoms with Crippen molar-refractivity contribution in [2.75, 3.05) is 28.7 Å². The van der Waals surface area contributed by atoms with Gasteiger partial charge in [0.2, 0.25) is 0 Å². The Bertz CT molecular complexity index is 910. The Hall–Kier alpha value is -2.35. The monoisotopic (exact) mass is 429 g/mol. The van der Waals surface area contributed by atoms with Gasteiger partial charge in [0.1, 0.15) is 11.3 Å². The number of carbonyl (C=O) groups excluding carboxylic acids is 1. The number of carboxylic acids is 1. The van der Waals surface area contributed by atoms with Crippen LogP contribution in [0.5, 0.6) is 5.75 Å². The number of fused-ring (bicyclic) bond motifs is 1. The van der Waals surface area contributed by atoms with Crippen LogP contribution in [-0.2, 0) is 4.79 Å². The molecule has 0 spiro atoms. The van der Waals surface area contributed by atoms with Gasteiger partial charge in [0, 0.05) is 12.2 Å². The molecule has 7 nitrogen and oxygen atoms in total. The van der Waals surface area contributed by atoms with Crippen molar-refractivity contribution in [1.82, 2.24) is 0 Å². The average Bonchev–Trinajstić information content (AvgIpc) is 3.00. The van der Waals surface area contributed by atoms with E-state index in [1.165, 1.54) is 6.07 Å². The zero-order chi connectivity index (χ0) is 19.7. The molecule has 0 unspecified atom stereocenters. The second kappa shape index (κ2) is 7.72. The van der Waals surface area contributed by atoms with Crippen LogP contribution in [0.15, 0.2) is 24.3 Å². The first-order chi connectivity index (χ1) is 12.8. The van der Waals surface area contributed by atoms with Crippen molar-refractivity contribution >= 4 is 63.7 Å². The first kappa shape index (κ1) is 19.4. The molecular formula is C17H14Cl3N3O4. The Labute approximate surface area is 169 Å². The van der Waals surface area contributed by atoms with Crippen LogP contribution in [-0.4, -0.2) is 35.3 Å². The topological polar surface area (TPSA) is 102 Å². The van der Waals surface area contributed by atoms with Crippen LogP contribution < -0.4 is 15.5 Å². The predicted octanol–water partition coefficient (Wildman–Crippen LogP) is 4.27. The summed E-state index contributed by atoms with van der Waals surface area (Å²) in [6.07, 6.45) is 0.0207. The van der Waals surface area contributed by atoms with Gasteiger partial charge in [0.25, 0.3) is 5.91 Å². The van der Waals surface area contributed by atoms with E-state index in [0.29, 0.717) is 18.9 Å². The number of nitrogens with zero attached hydrogens (tertiary/aromatic N) is 1. The standard InChI is InChI=1S/C17H14Cl3N3O4/c18-9-6-10(19)16(26)14(15(9)20)17(27)22-8-1-2-12-11(5-8)21-7-23(12)4-3-13(24)25/h1-2,5-6,21,26H,3-4,7H2,(H,22,27)(H,24,25). The van der Waals surface area contributed by atoms with Gasteiger partial charge in [0.15, 0.2) is 0 Å². The number of aromatic hydroxyl groups is 1. The van der Waals surface area contributed by atoms with Crippen LogP contribution in [0.25, 0.3) is 0 Å². The minimum absolute atomic E-state index is 0.0207. The van der Waals surface area contributed by atoms with Gasteiger partial charge < -0.3 is 25.7 Å². The van der Waals surface area contributed by atoms with E-state index < -0.39 is 17.6 Å². The molecule has 1 aliphatic heterocycles. The summed E-state index contributed by atoms with van der Waals surface area (Å²) in [5, 5.41) is 24.5. The largest absolute Gasteiger partial charge is 0.505 e. The fourth-order valence-electron chi connectivity index (χ4n) is 2.71. The molecule has 1 amide bonds. The number of carboxylic acid groups (broad SMARTS) is 1. The van der Waals surface area contributed by atoms with Gasteiger partial charge in [0.05, 0.1) is 39.5 Å². The van der Waals surface area contributed by atoms with Crippen molar-refractivity contribution < 1.29 is 19.8 Å². The summed E-state index contributed by atoms with van der Waals surface area (Å²) < 4.78 is 0. The van der Waals surface area contributed by atoms with E-state index in [1.807, 2.05) is 4.90 Å². The number of halogens is 3. The SMILES string of the molecule is O=C(O)CCN1CNc2cc(NC(=O)c3c(O)c(Cl)cc(Cl)c3Cl)ccc21. The second-order valence-corrected chi connectivity index (χ2v) is 7.00. The Morgan fingerprint density at radius 3 is 2.63 bits per heavy atom. The molecule has 3 rings (SSSR count). The predicted molar refractivity (Wildman–Crippen MR) is 106 cm³/mol. The molecule has 0 bridgehead atoms. The van der Waals surface area contributed by atoms with E-state index in [9.17, 15) is 14.7 Å². The molecule has 2 aromatic rings. The van der Waals surface area contributed by atoms with Gasteiger partial charge >= 0.3 is 5.97 Å². The molecule has 0 aromatic heterocycles. The normalized spacial score (nSPS) is 12.5. The first-order valence-electron chi connectivity index (χ1n) is 7.80. The van der Waals surface area contributed by atoms with E-state index in [0.717, 1.165) is 11.4 Å². The number of amides is 1. The highest BCUT2D eigenvalue weighted by atomic mass is 35.5. The number of phenolic OH excluding ortho intramolecular Hbond substituents is 1. The third-order valence-electron chi connectivity index (χ3n) is 4.02. The van der Waals surface area contributed by atoms with Crippen LogP contribution in [0.2, 0.25) is 15.1 Å². The van der Waals surface area contributed by atoms with E-state index in [4.69, 9.17) is 39.9 Å². The molecule has 0 radical (unpaired) electrons. The summed E-state index contributed by atoms with van der Waals surface area (Å²) in [4.78, 5) is 25.2. The fourth-order valence-corrected chi connectivity index (χ4v) is 3.41. The van der Waals surface area contributed by atoms with Crippen molar-refractivity contribution in [1.29, 1.82) is 0 Å². The number of hydrogen-bond donors (Lipinski definition) is 4. The van der Waals surface area contributed by atoms with Gasteiger partial charge in [-0.05, 0) is 24.3 Å². The van der Waals surface area contributed by atoms with Crippen molar-refractivity contribution in [2.24, 2.45) is 0 Å². The Balaban J connectivity index is 1.80. The van der Waals surface area contributed by atoms with E-state index in [-0.39, 0.29) is 27.1 Å². The lowest BCUT2D eigenvalue weighted by Gasteiger charge is -2.17. The summed E-state index contributed by atoms with van der Waals surface area (Å²) in [7, 11) is 0. The summed E-state index contributed by atoms with van der Waals surface area (Å²) >= 11 is 17.8. The number of benzene rings is 2. The minimum atomic E-state index is -0.871. The third kappa shape index (κ3) is 4.00. The van der Waals surface area contributed by atoms with Gasteiger partial charge in [-0.3, -0.25) is 9.59 Å². The van der Waals surface area contributed by atoms with Crippen LogP contribution in [0.3, 0.4) is 0 Å². The van der Waals surface area contributed by atoms with Crippen LogP contribution in [0.4, 0.5) is 17.1 Å². The lowest BCUT2D eigenvalue weighted by molar-refractivity contribution is -0.136. The number of nitrogens with one attached hydrogen (secondary N) is 2. The first-order valence-corrected chi connectivity index (χ1v) is 8.93. The number of anilines is 3. The lowest BCUT2D eigenvalue weighted by atomic mass is 10.1. The maximum atomic E-state index is 12.5. The van der Waals surface area contributed by atoms with Crippen molar-refractivity contribution in [3.8, 4) is 5.75 Å². The molecule has 1 aliphatic rings. The zero-order valence-electron chi connectivity index (χ0n) is 13.7. The molecule has 2 aromatic carbocycles. The van der Waals surface area contributed by atoms with Gasteiger partial charge in [-0.1, -0.05) is 34.8 Å². The second-order valence-electron chi connectivity index (χ2n) is 5.81. The maximum Gasteiger partial charge on any atom is 0.305 e. The molecule has 0 fully saturated rings. The third-order valence-corrected chi connectivity index (χ3v) is 5.10. The Morgan fingerprint density at radius 1 is 1.19 bits per heavy atom. The molecular weight excluding hydrogens is 417 g/mol. The number of aliphatic carboxylic acids is 1. The van der Waals surface area contributed by atoms with Gasteiger partial charge in [-0.25, -0.2) is 0 Å². The summed E-state index contributed by atoms with van der Waals surface area (Å²) in [6.45, 7) is 0.835. The lowest BCUT2D eigenvalue weighted by Crippen LogP contribution is -2.25. The minimum Gasteiger partial charge on any atom is -0.505 e. The van der Waals surface area contributed by atoms with Crippen LogP contribution >= 0.6 is 34.8 Å². The molecule has 27 heavy (non-hydrogen) atoms. The highest BCUT2D eigenvalue weighted by molar-refractivity contribution is 6.46. The van der Waals surface area contributed by atoms with Crippen LogP contribution in [0, 0.1) is 0 Å². The number of carbonyl (C=O) groups is 2. The molecule has 0 saturated carbocycles. The Kier molecular flexibility index (Phi) is 5.55. The van der Waals surface area contributed by atoms with Crippen molar-refractivity contribution in [2.45, 2.75) is 6.42 Å². The quantitative estimate of drug-likeness (QED) is 0.528. The van der Waals surface area contributed by atoms with E-state index >= 15 is 0 Å². The Morgan fingerprint density at radius 2 is 1.93 bits per heavy atom. The van der Waals surface area contributed by atoms with Crippen molar-refractivity contribution in [3.05, 3.63) is 44.9 Å². The number of phenols is 1. The van der Waals surface area contributed by atoms with Crippen molar-refractivity contribution in [3.63, 3.8) is 0 Å². The molecule has 0 aliphatic carbocycles. The highest BCUT2D eigenvalue weighted by Gasteiger charge is 2.23. The molecule has 0 saturated heterocycles. The molecule has 1 heterocycles. The average molecular weight is 431 g/mol. The van der Waals surface area contributed by atoms with E-state index in [2.05, 4.69) is 10.6 Å². The highest BCUT2D eigenvalue weighted by Crippen LogP contribution is 2.39.